The minimum absolute atomic E-state index is 0.340. The van der Waals surface area contributed by atoms with Crippen molar-refractivity contribution in [2.24, 2.45) is 5.41 Å². The molecule has 0 saturated carbocycles. The normalized spacial score (nSPS) is 18.7. The van der Waals surface area contributed by atoms with Gasteiger partial charge in [-0.3, -0.25) is 0 Å². The van der Waals surface area contributed by atoms with Gasteiger partial charge in [0, 0.05) is 25.7 Å². The van der Waals surface area contributed by atoms with Crippen molar-refractivity contribution in [2.45, 2.75) is 33.6 Å². The Hall–Kier alpha value is -1.52. The van der Waals surface area contributed by atoms with E-state index in [1.165, 1.54) is 12.8 Å². The van der Waals surface area contributed by atoms with Gasteiger partial charge in [-0.15, -0.1) is 0 Å². The second-order valence-electron chi connectivity index (χ2n) is 5.69. The number of hydrogen-bond donors (Lipinski definition) is 2. The Morgan fingerprint density at radius 3 is 2.89 bits per heavy atom. The molecule has 0 aliphatic carbocycles. The van der Waals surface area contributed by atoms with Crippen LogP contribution in [0.15, 0.2) is 6.07 Å². The predicted octanol–water partition coefficient (Wildman–Crippen LogP) is 2.12. The van der Waals surface area contributed by atoms with E-state index in [9.17, 15) is 0 Å². The van der Waals surface area contributed by atoms with Gasteiger partial charge < -0.3 is 16.0 Å². The lowest BCUT2D eigenvalue weighted by Gasteiger charge is -2.38. The number of anilines is 3. The summed E-state index contributed by atoms with van der Waals surface area (Å²) in [6.45, 7) is 9.55. The molecule has 0 spiro atoms. The van der Waals surface area contributed by atoms with Crippen molar-refractivity contribution in [3.05, 3.63) is 6.07 Å². The molecule has 1 aromatic rings. The monoisotopic (exact) mass is 249 g/mol. The molecular formula is C13H23N5. The third-order valence-corrected chi connectivity index (χ3v) is 3.31. The first-order valence-electron chi connectivity index (χ1n) is 6.63. The zero-order valence-electron chi connectivity index (χ0n) is 11.5. The summed E-state index contributed by atoms with van der Waals surface area (Å²) in [7, 11) is 0. The maximum Gasteiger partial charge on any atom is 0.223 e. The Balaban J connectivity index is 2.21. The first kappa shape index (κ1) is 12.9. The molecule has 3 N–H and O–H groups in total. The lowest BCUT2D eigenvalue weighted by molar-refractivity contribution is 0.292. The van der Waals surface area contributed by atoms with E-state index in [2.05, 4.69) is 34.0 Å². The maximum atomic E-state index is 5.78. The largest absolute Gasteiger partial charge is 0.370 e. The van der Waals surface area contributed by atoms with Gasteiger partial charge in [-0.25, -0.2) is 0 Å². The average molecular weight is 249 g/mol. The van der Waals surface area contributed by atoms with E-state index in [1.807, 2.05) is 13.0 Å². The number of hydrogen-bond acceptors (Lipinski definition) is 5. The van der Waals surface area contributed by atoms with Crippen LogP contribution in [-0.4, -0.2) is 29.6 Å². The van der Waals surface area contributed by atoms with Crippen LogP contribution in [0.3, 0.4) is 0 Å². The van der Waals surface area contributed by atoms with Crippen molar-refractivity contribution in [3.63, 3.8) is 0 Å². The highest BCUT2D eigenvalue weighted by Crippen LogP contribution is 2.31. The van der Waals surface area contributed by atoms with Crippen LogP contribution in [0.5, 0.6) is 0 Å². The number of aromatic nitrogens is 2. The van der Waals surface area contributed by atoms with Crippen molar-refractivity contribution in [1.82, 2.24) is 9.97 Å². The number of rotatable bonds is 3. The van der Waals surface area contributed by atoms with Crippen LogP contribution in [-0.2, 0) is 0 Å². The fraction of sp³-hybridized carbons (Fsp3) is 0.692. The van der Waals surface area contributed by atoms with Crippen molar-refractivity contribution in [1.29, 1.82) is 0 Å². The summed E-state index contributed by atoms with van der Waals surface area (Å²) in [6.07, 6.45) is 2.47. The maximum absolute atomic E-state index is 5.78. The van der Waals surface area contributed by atoms with Gasteiger partial charge in [0.15, 0.2) is 0 Å². The van der Waals surface area contributed by atoms with Gasteiger partial charge in [-0.2, -0.15) is 9.97 Å². The molecule has 100 valence electrons. The van der Waals surface area contributed by atoms with Crippen molar-refractivity contribution >= 4 is 17.6 Å². The third kappa shape index (κ3) is 3.03. The Morgan fingerprint density at radius 2 is 2.22 bits per heavy atom. The summed E-state index contributed by atoms with van der Waals surface area (Å²) in [5.74, 6) is 2.08. The van der Waals surface area contributed by atoms with Crippen molar-refractivity contribution in [3.8, 4) is 0 Å². The molecule has 1 saturated heterocycles. The number of nitrogen functional groups attached to an aromatic ring is 1. The zero-order valence-corrected chi connectivity index (χ0v) is 11.5. The number of nitrogens with zero attached hydrogens (tertiary/aromatic N) is 3. The van der Waals surface area contributed by atoms with Crippen LogP contribution < -0.4 is 16.0 Å². The lowest BCUT2D eigenvalue weighted by atomic mass is 9.84. The first-order chi connectivity index (χ1) is 8.50. The summed E-state index contributed by atoms with van der Waals surface area (Å²) in [4.78, 5) is 10.8. The van der Waals surface area contributed by atoms with Gasteiger partial charge in [-0.1, -0.05) is 13.8 Å². The molecule has 1 aliphatic rings. The topological polar surface area (TPSA) is 67.1 Å². The molecule has 1 aliphatic heterocycles. The predicted molar refractivity (Wildman–Crippen MR) is 75.8 cm³/mol. The molecule has 5 nitrogen and oxygen atoms in total. The quantitative estimate of drug-likeness (QED) is 0.859. The Morgan fingerprint density at radius 1 is 1.44 bits per heavy atom. The van der Waals surface area contributed by atoms with Crippen LogP contribution in [0.4, 0.5) is 17.6 Å². The molecule has 5 heteroatoms. The van der Waals surface area contributed by atoms with Gasteiger partial charge in [0.2, 0.25) is 5.95 Å². The summed E-state index contributed by atoms with van der Waals surface area (Å²) >= 11 is 0. The fourth-order valence-corrected chi connectivity index (χ4v) is 2.51. The van der Waals surface area contributed by atoms with Crippen LogP contribution >= 0.6 is 0 Å². The van der Waals surface area contributed by atoms with Gasteiger partial charge in [0.25, 0.3) is 0 Å². The van der Waals surface area contributed by atoms with E-state index in [0.717, 1.165) is 31.3 Å². The summed E-state index contributed by atoms with van der Waals surface area (Å²) in [5, 5.41) is 3.19. The van der Waals surface area contributed by atoms with Crippen LogP contribution in [0.1, 0.15) is 33.6 Å². The highest BCUT2D eigenvalue weighted by Gasteiger charge is 2.27. The molecule has 18 heavy (non-hydrogen) atoms. The second-order valence-corrected chi connectivity index (χ2v) is 5.69. The van der Waals surface area contributed by atoms with E-state index >= 15 is 0 Å². The second kappa shape index (κ2) is 5.00. The Labute approximate surface area is 109 Å². The Kier molecular flexibility index (Phi) is 3.59. The highest BCUT2D eigenvalue weighted by atomic mass is 15.2. The van der Waals surface area contributed by atoms with E-state index in [-0.39, 0.29) is 0 Å². The Bertz CT molecular complexity index is 416. The molecule has 0 radical (unpaired) electrons. The molecule has 0 unspecified atom stereocenters. The molecule has 1 aromatic heterocycles. The van der Waals surface area contributed by atoms with Crippen LogP contribution in [0.25, 0.3) is 0 Å². The molecule has 0 bridgehead atoms. The van der Waals surface area contributed by atoms with E-state index in [0.29, 0.717) is 11.4 Å². The van der Waals surface area contributed by atoms with E-state index < -0.39 is 0 Å². The van der Waals surface area contributed by atoms with Gasteiger partial charge in [0.1, 0.15) is 11.6 Å². The summed E-state index contributed by atoms with van der Waals surface area (Å²) in [5.41, 5.74) is 6.12. The highest BCUT2D eigenvalue weighted by molar-refractivity contribution is 5.52. The van der Waals surface area contributed by atoms with Crippen molar-refractivity contribution in [2.75, 3.05) is 35.6 Å². The fourth-order valence-electron chi connectivity index (χ4n) is 2.51. The number of nitrogens with one attached hydrogen (secondary N) is 1. The van der Waals surface area contributed by atoms with E-state index in [4.69, 9.17) is 5.73 Å². The van der Waals surface area contributed by atoms with E-state index in [1.54, 1.807) is 0 Å². The van der Waals surface area contributed by atoms with Crippen molar-refractivity contribution < 1.29 is 0 Å². The van der Waals surface area contributed by atoms with Gasteiger partial charge in [-0.05, 0) is 25.2 Å². The minimum Gasteiger partial charge on any atom is -0.370 e. The lowest BCUT2D eigenvalue weighted by Crippen LogP contribution is -2.40. The first-order valence-corrected chi connectivity index (χ1v) is 6.63. The summed E-state index contributed by atoms with van der Waals surface area (Å²) in [6, 6.07) is 1.99. The zero-order chi connectivity index (χ0) is 13.2. The van der Waals surface area contributed by atoms with Gasteiger partial charge >= 0.3 is 0 Å². The SMILES string of the molecule is CCNc1cc(N2CCCC(C)(C)C2)nc(N)n1. The molecule has 0 aromatic carbocycles. The number of nitrogens with two attached hydrogens (primary N) is 1. The van der Waals surface area contributed by atoms with Crippen LogP contribution in [0.2, 0.25) is 0 Å². The molecule has 0 atom stereocenters. The smallest absolute Gasteiger partial charge is 0.223 e. The van der Waals surface area contributed by atoms with Crippen LogP contribution in [0, 0.1) is 5.41 Å². The van der Waals surface area contributed by atoms with Gasteiger partial charge in [0.05, 0.1) is 0 Å². The standard InChI is InChI=1S/C13H23N5/c1-4-15-10-8-11(17-12(14)16-10)18-7-5-6-13(2,3)9-18/h8H,4-7,9H2,1-3H3,(H3,14,15,16,17). The average Bonchev–Trinajstić information content (AvgIpc) is 2.27. The molecule has 2 heterocycles. The summed E-state index contributed by atoms with van der Waals surface area (Å²) < 4.78 is 0. The molecule has 0 amide bonds. The molecular weight excluding hydrogens is 226 g/mol. The minimum atomic E-state index is 0.340. The molecule has 2 rings (SSSR count). The number of piperidine rings is 1. The molecule has 1 fully saturated rings. The third-order valence-electron chi connectivity index (χ3n) is 3.31.